The summed E-state index contributed by atoms with van der Waals surface area (Å²) in [5.74, 6) is -0.382. The van der Waals surface area contributed by atoms with E-state index in [9.17, 15) is 9.18 Å². The van der Waals surface area contributed by atoms with Gasteiger partial charge in [0, 0.05) is 6.07 Å². The lowest BCUT2D eigenvalue weighted by atomic mass is 10.2. The van der Waals surface area contributed by atoms with Crippen molar-refractivity contribution >= 4 is 17.3 Å². The van der Waals surface area contributed by atoms with Gasteiger partial charge in [-0.15, -0.1) is 0 Å². The maximum atomic E-state index is 12.8. The van der Waals surface area contributed by atoms with E-state index >= 15 is 0 Å². The minimum Gasteiger partial charge on any atom is -0.296 e. The van der Waals surface area contributed by atoms with Crippen LogP contribution >= 0.6 is 0 Å². The van der Waals surface area contributed by atoms with Crippen molar-refractivity contribution in [2.75, 3.05) is 0 Å². The SMILES string of the molecule is Cc1nc2ccc(F)cc2nc1C=O. The molecule has 70 valence electrons. The molecule has 0 saturated carbocycles. The van der Waals surface area contributed by atoms with Gasteiger partial charge >= 0.3 is 0 Å². The quantitative estimate of drug-likeness (QED) is 0.645. The molecule has 3 nitrogen and oxygen atoms in total. The number of nitrogens with zero attached hydrogens (tertiary/aromatic N) is 2. The monoisotopic (exact) mass is 190 g/mol. The average Bonchev–Trinajstić information content (AvgIpc) is 2.17. The van der Waals surface area contributed by atoms with Crippen molar-refractivity contribution in [2.24, 2.45) is 0 Å². The van der Waals surface area contributed by atoms with Crippen molar-refractivity contribution in [3.05, 3.63) is 35.4 Å². The first-order valence-corrected chi connectivity index (χ1v) is 4.10. The van der Waals surface area contributed by atoms with Gasteiger partial charge in [-0.1, -0.05) is 0 Å². The van der Waals surface area contributed by atoms with E-state index in [1.165, 1.54) is 12.1 Å². The number of aldehydes is 1. The number of fused-ring (bicyclic) bond motifs is 1. The second kappa shape index (κ2) is 3.14. The molecule has 0 unspecified atom stereocenters. The van der Waals surface area contributed by atoms with Crippen LogP contribution in [0, 0.1) is 12.7 Å². The Morgan fingerprint density at radius 3 is 2.79 bits per heavy atom. The maximum absolute atomic E-state index is 12.8. The van der Waals surface area contributed by atoms with Crippen LogP contribution in [0.4, 0.5) is 4.39 Å². The van der Waals surface area contributed by atoms with E-state index in [0.29, 0.717) is 23.0 Å². The number of benzene rings is 1. The van der Waals surface area contributed by atoms with Gasteiger partial charge < -0.3 is 0 Å². The molecule has 1 heterocycles. The van der Waals surface area contributed by atoms with Gasteiger partial charge in [-0.3, -0.25) is 4.79 Å². The van der Waals surface area contributed by atoms with E-state index in [4.69, 9.17) is 0 Å². The summed E-state index contributed by atoms with van der Waals surface area (Å²) < 4.78 is 12.8. The van der Waals surface area contributed by atoms with Gasteiger partial charge in [0.1, 0.15) is 11.5 Å². The van der Waals surface area contributed by atoms with Gasteiger partial charge in [-0.25, -0.2) is 14.4 Å². The minimum absolute atomic E-state index is 0.253. The maximum Gasteiger partial charge on any atom is 0.170 e. The van der Waals surface area contributed by atoms with Crippen LogP contribution in [0.3, 0.4) is 0 Å². The number of hydrogen-bond donors (Lipinski definition) is 0. The number of aryl methyl sites for hydroxylation is 1. The van der Waals surface area contributed by atoms with E-state index in [-0.39, 0.29) is 11.5 Å². The number of aromatic nitrogens is 2. The number of hydrogen-bond acceptors (Lipinski definition) is 3. The van der Waals surface area contributed by atoms with Crippen molar-refractivity contribution in [3.8, 4) is 0 Å². The van der Waals surface area contributed by atoms with Crippen LogP contribution in [0.5, 0.6) is 0 Å². The van der Waals surface area contributed by atoms with Crippen LogP contribution < -0.4 is 0 Å². The summed E-state index contributed by atoms with van der Waals surface area (Å²) in [5, 5.41) is 0. The third-order valence-corrected chi connectivity index (χ3v) is 1.95. The van der Waals surface area contributed by atoms with Crippen molar-refractivity contribution in [2.45, 2.75) is 6.92 Å². The van der Waals surface area contributed by atoms with Crippen molar-refractivity contribution in [1.82, 2.24) is 9.97 Å². The number of carbonyl (C=O) groups excluding carboxylic acids is 1. The highest BCUT2D eigenvalue weighted by Crippen LogP contribution is 2.12. The van der Waals surface area contributed by atoms with E-state index in [1.54, 1.807) is 13.0 Å². The standard InChI is InChI=1S/C10H7FN2O/c1-6-10(5-14)13-9-4-7(11)2-3-8(9)12-6/h2-5H,1H3. The Morgan fingerprint density at radius 2 is 2.07 bits per heavy atom. The van der Waals surface area contributed by atoms with Gasteiger partial charge in [-0.2, -0.15) is 0 Å². The molecule has 0 radical (unpaired) electrons. The van der Waals surface area contributed by atoms with Crippen molar-refractivity contribution in [1.29, 1.82) is 0 Å². The molecule has 0 saturated heterocycles. The van der Waals surface area contributed by atoms with Crippen LogP contribution in [0.1, 0.15) is 16.2 Å². The molecule has 0 bridgehead atoms. The van der Waals surface area contributed by atoms with E-state index in [1.807, 2.05) is 0 Å². The molecule has 0 N–H and O–H groups in total. The zero-order chi connectivity index (χ0) is 10.1. The Bertz CT molecular complexity index is 511. The lowest BCUT2D eigenvalue weighted by Gasteiger charge is -2.00. The second-order valence-electron chi connectivity index (χ2n) is 2.95. The molecule has 2 aromatic rings. The zero-order valence-corrected chi connectivity index (χ0v) is 7.49. The molecule has 0 amide bonds. The lowest BCUT2D eigenvalue weighted by Crippen LogP contribution is -1.96. The Kier molecular flexibility index (Phi) is 1.96. The lowest BCUT2D eigenvalue weighted by molar-refractivity contribution is 0.111. The summed E-state index contributed by atoms with van der Waals surface area (Å²) >= 11 is 0. The molecule has 0 atom stereocenters. The van der Waals surface area contributed by atoms with Gasteiger partial charge in [0.2, 0.25) is 0 Å². The van der Waals surface area contributed by atoms with Gasteiger partial charge in [0.25, 0.3) is 0 Å². The molecule has 1 aromatic heterocycles. The summed E-state index contributed by atoms with van der Waals surface area (Å²) in [6.07, 6.45) is 0.618. The number of carbonyl (C=O) groups is 1. The molecule has 2 rings (SSSR count). The highest BCUT2D eigenvalue weighted by Gasteiger charge is 2.04. The Morgan fingerprint density at radius 1 is 1.29 bits per heavy atom. The molecule has 0 aliphatic carbocycles. The average molecular weight is 190 g/mol. The summed E-state index contributed by atoms with van der Waals surface area (Å²) in [6.45, 7) is 1.69. The predicted molar refractivity (Wildman–Crippen MR) is 49.6 cm³/mol. The van der Waals surface area contributed by atoms with Crippen LogP contribution in [0.2, 0.25) is 0 Å². The molecule has 0 aliphatic rings. The first kappa shape index (κ1) is 8.74. The fraction of sp³-hybridized carbons (Fsp3) is 0.100. The number of halogens is 1. The first-order valence-electron chi connectivity index (χ1n) is 4.10. The van der Waals surface area contributed by atoms with Gasteiger partial charge in [0.15, 0.2) is 6.29 Å². The number of rotatable bonds is 1. The third-order valence-electron chi connectivity index (χ3n) is 1.95. The van der Waals surface area contributed by atoms with Gasteiger partial charge in [-0.05, 0) is 19.1 Å². The summed E-state index contributed by atoms with van der Waals surface area (Å²) in [6, 6.07) is 4.12. The Hall–Kier alpha value is -1.84. The van der Waals surface area contributed by atoms with Crippen molar-refractivity contribution < 1.29 is 9.18 Å². The van der Waals surface area contributed by atoms with Gasteiger partial charge in [0.05, 0.1) is 16.7 Å². The molecular formula is C10H7FN2O. The van der Waals surface area contributed by atoms with Crippen LogP contribution in [0.15, 0.2) is 18.2 Å². The molecule has 1 aromatic carbocycles. The Balaban J connectivity index is 2.79. The molecular weight excluding hydrogens is 183 g/mol. The first-order chi connectivity index (χ1) is 6.70. The molecule has 0 fully saturated rings. The zero-order valence-electron chi connectivity index (χ0n) is 7.49. The smallest absolute Gasteiger partial charge is 0.170 e. The second-order valence-corrected chi connectivity index (χ2v) is 2.95. The van der Waals surface area contributed by atoms with E-state index in [0.717, 1.165) is 0 Å². The topological polar surface area (TPSA) is 42.9 Å². The highest BCUT2D eigenvalue weighted by molar-refractivity contribution is 5.81. The van der Waals surface area contributed by atoms with Crippen molar-refractivity contribution in [3.63, 3.8) is 0 Å². The summed E-state index contributed by atoms with van der Waals surface area (Å²) in [7, 11) is 0. The molecule has 0 spiro atoms. The fourth-order valence-electron chi connectivity index (χ4n) is 1.24. The molecule has 4 heteroatoms. The van der Waals surface area contributed by atoms with E-state index in [2.05, 4.69) is 9.97 Å². The molecule has 0 aliphatic heterocycles. The van der Waals surface area contributed by atoms with Crippen LogP contribution in [-0.4, -0.2) is 16.3 Å². The minimum atomic E-state index is -0.382. The summed E-state index contributed by atoms with van der Waals surface area (Å²) in [5.41, 5.74) is 1.80. The Labute approximate surface area is 79.6 Å². The van der Waals surface area contributed by atoms with Crippen LogP contribution in [-0.2, 0) is 0 Å². The fourth-order valence-corrected chi connectivity index (χ4v) is 1.24. The molecule has 14 heavy (non-hydrogen) atoms. The third kappa shape index (κ3) is 1.35. The largest absolute Gasteiger partial charge is 0.296 e. The highest BCUT2D eigenvalue weighted by atomic mass is 19.1. The van der Waals surface area contributed by atoms with E-state index < -0.39 is 0 Å². The van der Waals surface area contributed by atoms with Crippen LogP contribution in [0.25, 0.3) is 11.0 Å². The predicted octanol–water partition coefficient (Wildman–Crippen LogP) is 1.89. The summed E-state index contributed by atoms with van der Waals surface area (Å²) in [4.78, 5) is 18.7. The normalized spacial score (nSPS) is 10.4.